The third kappa shape index (κ3) is 4.12. The number of hydrogen-bond donors (Lipinski definition) is 1. The maximum atomic E-state index is 12.1. The number of carbonyl (C=O) groups excluding carboxylic acids is 2. The van der Waals surface area contributed by atoms with Crippen molar-refractivity contribution in [1.29, 1.82) is 0 Å². The monoisotopic (exact) mass is 276 g/mol. The lowest BCUT2D eigenvalue weighted by Crippen LogP contribution is -2.44. The van der Waals surface area contributed by atoms with E-state index in [1.165, 1.54) is 11.8 Å². The molecule has 1 atom stereocenters. The SMILES string of the molecule is C=CCN(C(C)=O)C(C)C(=O)Nc1ccc(OC)cc1. The molecule has 5 heteroatoms. The van der Waals surface area contributed by atoms with Gasteiger partial charge in [-0.1, -0.05) is 6.08 Å². The number of carbonyl (C=O) groups is 2. The molecule has 5 nitrogen and oxygen atoms in total. The lowest BCUT2D eigenvalue weighted by molar-refractivity contribution is -0.135. The highest BCUT2D eigenvalue weighted by Gasteiger charge is 2.22. The Kier molecular flexibility index (Phi) is 5.77. The van der Waals surface area contributed by atoms with Crippen molar-refractivity contribution >= 4 is 17.5 Å². The molecule has 0 aliphatic carbocycles. The van der Waals surface area contributed by atoms with Crippen LogP contribution < -0.4 is 10.1 Å². The average Bonchev–Trinajstić information content (AvgIpc) is 2.44. The highest BCUT2D eigenvalue weighted by atomic mass is 16.5. The van der Waals surface area contributed by atoms with Gasteiger partial charge in [-0.05, 0) is 31.2 Å². The maximum Gasteiger partial charge on any atom is 0.246 e. The summed E-state index contributed by atoms with van der Waals surface area (Å²) in [5, 5.41) is 2.76. The molecule has 0 bridgehead atoms. The molecular formula is C15H20N2O3. The average molecular weight is 276 g/mol. The lowest BCUT2D eigenvalue weighted by atomic mass is 10.2. The van der Waals surface area contributed by atoms with Crippen LogP contribution in [0.2, 0.25) is 0 Å². The van der Waals surface area contributed by atoms with Gasteiger partial charge in [-0.2, -0.15) is 0 Å². The number of methoxy groups -OCH3 is 1. The third-order valence-corrected chi connectivity index (χ3v) is 2.93. The summed E-state index contributed by atoms with van der Waals surface area (Å²) in [7, 11) is 1.58. The van der Waals surface area contributed by atoms with E-state index in [2.05, 4.69) is 11.9 Å². The molecule has 1 N–H and O–H groups in total. The van der Waals surface area contributed by atoms with Gasteiger partial charge in [0, 0.05) is 19.2 Å². The number of nitrogens with one attached hydrogen (secondary N) is 1. The molecule has 2 amide bonds. The van der Waals surface area contributed by atoms with Crippen molar-refractivity contribution in [3.05, 3.63) is 36.9 Å². The normalized spacial score (nSPS) is 11.3. The van der Waals surface area contributed by atoms with Crippen molar-refractivity contribution in [2.24, 2.45) is 0 Å². The second kappa shape index (κ2) is 7.33. The molecule has 1 unspecified atom stereocenters. The van der Waals surface area contributed by atoms with Gasteiger partial charge in [0.1, 0.15) is 11.8 Å². The summed E-state index contributed by atoms with van der Waals surface area (Å²) in [5.74, 6) is 0.308. The van der Waals surface area contributed by atoms with Gasteiger partial charge in [0.15, 0.2) is 0 Å². The topological polar surface area (TPSA) is 58.6 Å². The van der Waals surface area contributed by atoms with Crippen molar-refractivity contribution in [2.75, 3.05) is 19.0 Å². The molecule has 0 spiro atoms. The van der Waals surface area contributed by atoms with Gasteiger partial charge in [-0.3, -0.25) is 9.59 Å². The van der Waals surface area contributed by atoms with E-state index < -0.39 is 6.04 Å². The summed E-state index contributed by atoms with van der Waals surface area (Å²) in [6.45, 7) is 7.04. The summed E-state index contributed by atoms with van der Waals surface area (Å²) in [4.78, 5) is 25.1. The van der Waals surface area contributed by atoms with Gasteiger partial charge in [-0.25, -0.2) is 0 Å². The van der Waals surface area contributed by atoms with Crippen molar-refractivity contribution < 1.29 is 14.3 Å². The third-order valence-electron chi connectivity index (χ3n) is 2.93. The van der Waals surface area contributed by atoms with E-state index in [1.54, 1.807) is 44.4 Å². The summed E-state index contributed by atoms with van der Waals surface area (Å²) in [6.07, 6.45) is 1.60. The molecule has 20 heavy (non-hydrogen) atoms. The molecule has 0 aliphatic rings. The second-order valence-electron chi connectivity index (χ2n) is 4.35. The minimum atomic E-state index is -0.562. The fraction of sp³-hybridized carbons (Fsp3) is 0.333. The molecule has 0 aromatic heterocycles. The first-order chi connectivity index (χ1) is 9.49. The zero-order chi connectivity index (χ0) is 15.1. The summed E-state index contributed by atoms with van der Waals surface area (Å²) < 4.78 is 5.05. The smallest absolute Gasteiger partial charge is 0.246 e. The van der Waals surface area contributed by atoms with Gasteiger partial charge < -0.3 is 15.0 Å². The van der Waals surface area contributed by atoms with Crippen LogP contribution in [0.15, 0.2) is 36.9 Å². The van der Waals surface area contributed by atoms with Crippen molar-refractivity contribution in [2.45, 2.75) is 19.9 Å². The number of benzene rings is 1. The molecule has 108 valence electrons. The van der Waals surface area contributed by atoms with Crippen molar-refractivity contribution in [3.63, 3.8) is 0 Å². The predicted octanol–water partition coefficient (Wildman–Crippen LogP) is 2.06. The van der Waals surface area contributed by atoms with E-state index in [1.807, 2.05) is 0 Å². The second-order valence-corrected chi connectivity index (χ2v) is 4.35. The zero-order valence-corrected chi connectivity index (χ0v) is 12.1. The molecule has 0 aliphatic heterocycles. The molecular weight excluding hydrogens is 256 g/mol. The summed E-state index contributed by atoms with van der Waals surface area (Å²) in [6, 6.07) is 6.44. The van der Waals surface area contributed by atoms with Crippen LogP contribution in [-0.2, 0) is 9.59 Å². The Morgan fingerprint density at radius 3 is 2.45 bits per heavy atom. The van der Waals surface area contributed by atoms with E-state index in [-0.39, 0.29) is 11.8 Å². The number of rotatable bonds is 6. The fourth-order valence-corrected chi connectivity index (χ4v) is 1.76. The van der Waals surface area contributed by atoms with Crippen LogP contribution in [0.25, 0.3) is 0 Å². The maximum absolute atomic E-state index is 12.1. The van der Waals surface area contributed by atoms with Gasteiger partial charge in [0.25, 0.3) is 0 Å². The van der Waals surface area contributed by atoms with Gasteiger partial charge >= 0.3 is 0 Å². The predicted molar refractivity (Wildman–Crippen MR) is 78.7 cm³/mol. The first kappa shape index (κ1) is 15.8. The Morgan fingerprint density at radius 1 is 1.40 bits per heavy atom. The highest BCUT2D eigenvalue weighted by Crippen LogP contribution is 2.15. The Bertz CT molecular complexity index is 482. The van der Waals surface area contributed by atoms with Crippen molar-refractivity contribution in [1.82, 2.24) is 4.90 Å². The zero-order valence-electron chi connectivity index (χ0n) is 12.1. The molecule has 0 heterocycles. The first-order valence-corrected chi connectivity index (χ1v) is 6.32. The molecule has 1 rings (SSSR count). The van der Waals surface area contributed by atoms with Crippen LogP contribution >= 0.6 is 0 Å². The van der Waals surface area contributed by atoms with Crippen molar-refractivity contribution in [3.8, 4) is 5.75 Å². The van der Waals surface area contributed by atoms with E-state index in [9.17, 15) is 9.59 Å². The number of hydrogen-bond acceptors (Lipinski definition) is 3. The van der Waals surface area contributed by atoms with Gasteiger partial charge in [0.05, 0.1) is 7.11 Å². The molecule has 0 radical (unpaired) electrons. The molecule has 0 fully saturated rings. The van der Waals surface area contributed by atoms with Crippen LogP contribution in [0, 0.1) is 0 Å². The van der Waals surface area contributed by atoms with E-state index in [0.717, 1.165) is 0 Å². The first-order valence-electron chi connectivity index (χ1n) is 6.32. The van der Waals surface area contributed by atoms with E-state index in [0.29, 0.717) is 18.0 Å². The largest absolute Gasteiger partial charge is 0.497 e. The molecule has 0 saturated carbocycles. The quantitative estimate of drug-likeness (QED) is 0.809. The molecule has 0 saturated heterocycles. The molecule has 1 aromatic carbocycles. The Hall–Kier alpha value is -2.30. The number of nitrogens with zero attached hydrogens (tertiary/aromatic N) is 1. The van der Waals surface area contributed by atoms with Gasteiger partial charge in [-0.15, -0.1) is 6.58 Å². The van der Waals surface area contributed by atoms with E-state index >= 15 is 0 Å². The minimum absolute atomic E-state index is 0.165. The number of anilines is 1. The summed E-state index contributed by atoms with van der Waals surface area (Å²) >= 11 is 0. The highest BCUT2D eigenvalue weighted by molar-refractivity contribution is 5.96. The minimum Gasteiger partial charge on any atom is -0.497 e. The summed E-state index contributed by atoms with van der Waals surface area (Å²) in [5.41, 5.74) is 0.657. The fourth-order valence-electron chi connectivity index (χ4n) is 1.76. The molecule has 1 aromatic rings. The van der Waals surface area contributed by atoms with Crippen LogP contribution in [0.4, 0.5) is 5.69 Å². The van der Waals surface area contributed by atoms with Gasteiger partial charge in [0.2, 0.25) is 11.8 Å². The standard InChI is InChI=1S/C15H20N2O3/c1-5-10-17(12(3)18)11(2)15(19)16-13-6-8-14(20-4)9-7-13/h5-9,11H,1,10H2,2-4H3,(H,16,19). The van der Waals surface area contributed by atoms with Crippen LogP contribution in [-0.4, -0.2) is 36.4 Å². The van der Waals surface area contributed by atoms with Crippen LogP contribution in [0.5, 0.6) is 5.75 Å². The van der Waals surface area contributed by atoms with Crippen LogP contribution in [0.1, 0.15) is 13.8 Å². The Balaban J connectivity index is 2.72. The van der Waals surface area contributed by atoms with Crippen LogP contribution in [0.3, 0.4) is 0 Å². The number of amides is 2. The number of ether oxygens (including phenoxy) is 1. The Morgan fingerprint density at radius 2 is 2.00 bits per heavy atom. The Labute approximate surface area is 119 Å². The van der Waals surface area contributed by atoms with E-state index in [4.69, 9.17) is 4.74 Å². The lowest BCUT2D eigenvalue weighted by Gasteiger charge is -2.26.